The summed E-state index contributed by atoms with van der Waals surface area (Å²) in [6.07, 6.45) is -0.0687. The molecule has 0 bridgehead atoms. The van der Waals surface area contributed by atoms with Crippen LogP contribution in [0, 0.1) is 5.82 Å². The lowest BCUT2D eigenvalue weighted by Crippen LogP contribution is -2.45. The summed E-state index contributed by atoms with van der Waals surface area (Å²) in [5.74, 6) is 0.0175. The van der Waals surface area contributed by atoms with Crippen LogP contribution in [0.5, 0.6) is 5.75 Å². The molecule has 2 amide bonds. The number of nitrogens with one attached hydrogen (secondary N) is 1. The first-order valence-electron chi connectivity index (χ1n) is 8.09. The third kappa shape index (κ3) is 3.96. The van der Waals surface area contributed by atoms with Crippen LogP contribution in [0.4, 0.5) is 10.1 Å². The van der Waals surface area contributed by atoms with Crippen molar-refractivity contribution >= 4 is 17.5 Å². The van der Waals surface area contributed by atoms with Gasteiger partial charge in [-0.3, -0.25) is 9.59 Å². The van der Waals surface area contributed by atoms with E-state index >= 15 is 0 Å². The van der Waals surface area contributed by atoms with Crippen LogP contribution in [-0.2, 0) is 16.0 Å². The van der Waals surface area contributed by atoms with Gasteiger partial charge in [-0.2, -0.15) is 0 Å². The first-order chi connectivity index (χ1) is 12.0. The first kappa shape index (κ1) is 17.0. The normalized spacial score (nSPS) is 16.2. The van der Waals surface area contributed by atoms with Crippen molar-refractivity contribution in [3.05, 3.63) is 59.9 Å². The zero-order valence-corrected chi connectivity index (χ0v) is 13.9. The highest BCUT2D eigenvalue weighted by molar-refractivity contribution is 5.99. The number of carbonyl (C=O) groups is 2. The van der Waals surface area contributed by atoms with Crippen molar-refractivity contribution < 1.29 is 18.7 Å². The van der Waals surface area contributed by atoms with Gasteiger partial charge < -0.3 is 15.0 Å². The van der Waals surface area contributed by atoms with E-state index in [1.807, 2.05) is 24.3 Å². The maximum atomic E-state index is 12.9. The van der Waals surface area contributed by atoms with E-state index in [1.54, 1.807) is 24.1 Å². The van der Waals surface area contributed by atoms with Crippen molar-refractivity contribution in [2.45, 2.75) is 18.9 Å². The maximum Gasteiger partial charge on any atom is 0.267 e. The molecular weight excluding hydrogens is 323 g/mol. The number of fused-ring (bicyclic) bond motifs is 1. The Morgan fingerprint density at radius 2 is 1.92 bits per heavy atom. The third-order valence-corrected chi connectivity index (χ3v) is 4.11. The summed E-state index contributed by atoms with van der Waals surface area (Å²) in [7, 11) is 1.71. The van der Waals surface area contributed by atoms with Crippen LogP contribution in [0.2, 0.25) is 0 Å². The predicted octanol–water partition coefficient (Wildman–Crippen LogP) is 2.30. The molecule has 1 unspecified atom stereocenters. The number of amides is 2. The highest BCUT2D eigenvalue weighted by Gasteiger charge is 2.31. The van der Waals surface area contributed by atoms with Crippen LogP contribution in [0.15, 0.2) is 48.5 Å². The van der Waals surface area contributed by atoms with Crippen molar-refractivity contribution in [1.82, 2.24) is 5.32 Å². The average Bonchev–Trinajstić information content (AvgIpc) is 2.61. The van der Waals surface area contributed by atoms with Crippen molar-refractivity contribution in [3.8, 4) is 5.75 Å². The number of halogens is 1. The van der Waals surface area contributed by atoms with E-state index in [2.05, 4.69) is 5.32 Å². The second-order valence-corrected chi connectivity index (χ2v) is 5.91. The molecule has 1 atom stereocenters. The maximum absolute atomic E-state index is 12.9. The van der Waals surface area contributed by atoms with Crippen LogP contribution >= 0.6 is 0 Å². The van der Waals surface area contributed by atoms with Gasteiger partial charge in [-0.15, -0.1) is 0 Å². The van der Waals surface area contributed by atoms with E-state index in [9.17, 15) is 14.0 Å². The molecule has 2 aromatic carbocycles. The van der Waals surface area contributed by atoms with Crippen molar-refractivity contribution in [2.75, 3.05) is 18.5 Å². The van der Waals surface area contributed by atoms with Crippen LogP contribution < -0.4 is 15.0 Å². The van der Waals surface area contributed by atoms with Crippen LogP contribution in [-0.4, -0.2) is 31.5 Å². The molecule has 0 saturated heterocycles. The fourth-order valence-electron chi connectivity index (χ4n) is 2.75. The Morgan fingerprint density at radius 1 is 1.20 bits per heavy atom. The fraction of sp³-hybridized carbons (Fsp3) is 0.263. The molecule has 6 heteroatoms. The summed E-state index contributed by atoms with van der Waals surface area (Å²) in [5.41, 5.74) is 1.47. The van der Waals surface area contributed by atoms with Gasteiger partial charge in [-0.25, -0.2) is 4.39 Å². The van der Waals surface area contributed by atoms with E-state index in [1.165, 1.54) is 12.1 Å². The Hall–Kier alpha value is -2.89. The van der Waals surface area contributed by atoms with Gasteiger partial charge in [0.25, 0.3) is 5.91 Å². The number of carbonyl (C=O) groups excluding carboxylic acids is 2. The topological polar surface area (TPSA) is 58.6 Å². The minimum Gasteiger partial charge on any atom is -0.478 e. The zero-order valence-electron chi connectivity index (χ0n) is 13.9. The number of benzene rings is 2. The summed E-state index contributed by atoms with van der Waals surface area (Å²) in [6, 6.07) is 13.1. The SMILES string of the molecule is CN1C(=O)C(CCNC(=O)Cc2ccc(F)cc2)Oc2ccccc21. The van der Waals surface area contributed by atoms with Crippen LogP contribution in [0.1, 0.15) is 12.0 Å². The number of nitrogens with zero attached hydrogens (tertiary/aromatic N) is 1. The predicted molar refractivity (Wildman–Crippen MR) is 92.0 cm³/mol. The molecule has 0 saturated carbocycles. The lowest BCUT2D eigenvalue weighted by atomic mass is 10.1. The molecule has 1 aliphatic heterocycles. The molecular formula is C19H19FN2O3. The van der Waals surface area contributed by atoms with E-state index < -0.39 is 6.10 Å². The van der Waals surface area contributed by atoms with Gasteiger partial charge in [-0.1, -0.05) is 24.3 Å². The molecule has 0 aromatic heterocycles. The standard InChI is InChI=1S/C19H19FN2O3/c1-22-15-4-2-3-5-16(15)25-17(19(22)24)10-11-21-18(23)12-13-6-8-14(20)9-7-13/h2-9,17H,10-12H2,1H3,(H,21,23). The molecule has 5 nitrogen and oxygen atoms in total. The molecule has 25 heavy (non-hydrogen) atoms. The van der Waals surface area contributed by atoms with E-state index in [-0.39, 0.29) is 24.1 Å². The molecule has 3 rings (SSSR count). The van der Waals surface area contributed by atoms with Crippen molar-refractivity contribution in [2.24, 2.45) is 0 Å². The molecule has 2 aromatic rings. The average molecular weight is 342 g/mol. The second kappa shape index (κ2) is 7.34. The van der Waals surface area contributed by atoms with Crippen molar-refractivity contribution in [3.63, 3.8) is 0 Å². The van der Waals surface area contributed by atoms with Gasteiger partial charge >= 0.3 is 0 Å². The lowest BCUT2D eigenvalue weighted by molar-refractivity contribution is -0.127. The number of para-hydroxylation sites is 2. The van der Waals surface area contributed by atoms with Gasteiger partial charge in [0.05, 0.1) is 12.1 Å². The smallest absolute Gasteiger partial charge is 0.267 e. The second-order valence-electron chi connectivity index (χ2n) is 5.91. The van der Waals surface area contributed by atoms with Gasteiger partial charge in [-0.05, 0) is 29.8 Å². The van der Waals surface area contributed by atoms with Gasteiger partial charge in [0.2, 0.25) is 5.91 Å². The minimum absolute atomic E-state index is 0.133. The molecule has 1 aliphatic rings. The van der Waals surface area contributed by atoms with E-state index in [0.717, 1.165) is 11.3 Å². The number of hydrogen-bond acceptors (Lipinski definition) is 3. The highest BCUT2D eigenvalue weighted by atomic mass is 19.1. The Bertz CT molecular complexity index is 776. The molecule has 0 aliphatic carbocycles. The van der Waals surface area contributed by atoms with Gasteiger partial charge in [0.1, 0.15) is 11.6 Å². The van der Waals surface area contributed by atoms with Gasteiger partial charge in [0, 0.05) is 20.0 Å². The minimum atomic E-state index is -0.619. The number of ether oxygens (including phenoxy) is 1. The van der Waals surface area contributed by atoms with Crippen molar-refractivity contribution in [1.29, 1.82) is 0 Å². The molecule has 0 spiro atoms. The summed E-state index contributed by atoms with van der Waals surface area (Å²) in [4.78, 5) is 25.9. The zero-order chi connectivity index (χ0) is 17.8. The quantitative estimate of drug-likeness (QED) is 0.907. The lowest BCUT2D eigenvalue weighted by Gasteiger charge is -2.31. The number of rotatable bonds is 5. The Morgan fingerprint density at radius 3 is 2.68 bits per heavy atom. The fourth-order valence-corrected chi connectivity index (χ4v) is 2.75. The molecule has 1 N–H and O–H groups in total. The van der Waals surface area contributed by atoms with E-state index in [0.29, 0.717) is 18.7 Å². The van der Waals surface area contributed by atoms with Crippen LogP contribution in [0.3, 0.4) is 0 Å². The molecule has 1 heterocycles. The summed E-state index contributed by atoms with van der Waals surface area (Å²) >= 11 is 0. The Balaban J connectivity index is 1.51. The Kier molecular flexibility index (Phi) is 4.97. The summed E-state index contributed by atoms with van der Waals surface area (Å²) < 4.78 is 18.6. The highest BCUT2D eigenvalue weighted by Crippen LogP contribution is 2.33. The van der Waals surface area contributed by atoms with Crippen LogP contribution in [0.25, 0.3) is 0 Å². The first-order valence-corrected chi connectivity index (χ1v) is 8.09. The number of anilines is 1. The monoisotopic (exact) mass is 342 g/mol. The van der Waals surface area contributed by atoms with E-state index in [4.69, 9.17) is 4.74 Å². The Labute approximate surface area is 145 Å². The summed E-state index contributed by atoms with van der Waals surface area (Å²) in [5, 5.41) is 2.77. The number of hydrogen-bond donors (Lipinski definition) is 1. The summed E-state index contributed by atoms with van der Waals surface area (Å²) in [6.45, 7) is 0.326. The number of likely N-dealkylation sites (N-methyl/N-ethyl adjacent to an activating group) is 1. The third-order valence-electron chi connectivity index (χ3n) is 4.11. The largest absolute Gasteiger partial charge is 0.478 e. The molecule has 0 fully saturated rings. The van der Waals surface area contributed by atoms with Gasteiger partial charge in [0.15, 0.2) is 6.10 Å². The molecule has 0 radical (unpaired) electrons. The molecule has 130 valence electrons.